The van der Waals surface area contributed by atoms with Gasteiger partial charge in [0.05, 0.1) is 12.7 Å². The molecule has 0 saturated heterocycles. The van der Waals surface area contributed by atoms with Gasteiger partial charge in [-0.25, -0.2) is 9.78 Å². The molecule has 5 heteroatoms. The van der Waals surface area contributed by atoms with Gasteiger partial charge in [0.1, 0.15) is 0 Å². The highest BCUT2D eigenvalue weighted by Crippen LogP contribution is 2.02. The first-order valence-electron chi connectivity index (χ1n) is 4.01. The number of hydrogen-bond acceptors (Lipinski definition) is 4. The van der Waals surface area contributed by atoms with Gasteiger partial charge < -0.3 is 14.8 Å². The number of rotatable bonds is 4. The van der Waals surface area contributed by atoms with Crippen molar-refractivity contribution in [2.75, 3.05) is 0 Å². The third kappa shape index (κ3) is 2.87. The van der Waals surface area contributed by atoms with E-state index in [9.17, 15) is 4.79 Å². The Morgan fingerprint density at radius 1 is 1.77 bits per heavy atom. The van der Waals surface area contributed by atoms with Crippen LogP contribution in [-0.4, -0.2) is 22.1 Å². The Morgan fingerprint density at radius 3 is 2.92 bits per heavy atom. The van der Waals surface area contributed by atoms with E-state index in [1.165, 1.54) is 6.20 Å². The van der Waals surface area contributed by atoms with Crippen molar-refractivity contribution >= 4 is 5.97 Å². The second-order valence-corrected chi connectivity index (χ2v) is 2.96. The van der Waals surface area contributed by atoms with Gasteiger partial charge >= 0.3 is 5.97 Å². The van der Waals surface area contributed by atoms with Crippen LogP contribution in [0.25, 0.3) is 0 Å². The summed E-state index contributed by atoms with van der Waals surface area (Å²) in [6.45, 7) is 4.42. The maximum atomic E-state index is 10.4. The molecule has 1 heterocycles. The Kier molecular flexibility index (Phi) is 3.02. The largest absolute Gasteiger partial charge is 0.475 e. The normalized spacial score (nSPS) is 10.7. The second-order valence-electron chi connectivity index (χ2n) is 2.96. The number of aromatic carboxylic acids is 1. The maximum Gasteiger partial charge on any atom is 0.373 e. The second kappa shape index (κ2) is 4.04. The van der Waals surface area contributed by atoms with Crippen molar-refractivity contribution < 1.29 is 14.3 Å². The molecule has 0 atom stereocenters. The number of oxazole rings is 1. The van der Waals surface area contributed by atoms with Crippen LogP contribution in [0.15, 0.2) is 10.6 Å². The highest BCUT2D eigenvalue weighted by atomic mass is 16.4. The van der Waals surface area contributed by atoms with Crippen LogP contribution in [0.1, 0.15) is 30.3 Å². The summed E-state index contributed by atoms with van der Waals surface area (Å²) in [5, 5.41) is 11.6. The molecule has 0 amide bonds. The van der Waals surface area contributed by atoms with E-state index in [0.29, 0.717) is 18.5 Å². The fourth-order valence-electron chi connectivity index (χ4n) is 0.782. The van der Waals surface area contributed by atoms with Crippen LogP contribution in [0.3, 0.4) is 0 Å². The lowest BCUT2D eigenvalue weighted by atomic mass is 10.4. The van der Waals surface area contributed by atoms with Crippen molar-refractivity contribution in [3.8, 4) is 0 Å². The van der Waals surface area contributed by atoms with Crippen molar-refractivity contribution in [3.63, 3.8) is 0 Å². The number of carboxylic acid groups (broad SMARTS) is 1. The van der Waals surface area contributed by atoms with Crippen molar-refractivity contribution in [1.29, 1.82) is 0 Å². The van der Waals surface area contributed by atoms with Gasteiger partial charge in [-0.3, -0.25) is 0 Å². The first-order chi connectivity index (χ1) is 6.09. The zero-order valence-corrected chi connectivity index (χ0v) is 7.57. The number of carboxylic acids is 1. The van der Waals surface area contributed by atoms with E-state index in [1.807, 2.05) is 13.8 Å². The Labute approximate surface area is 75.8 Å². The summed E-state index contributed by atoms with van der Waals surface area (Å²) in [5.74, 6) is -0.824. The Hall–Kier alpha value is -1.36. The number of nitrogens with one attached hydrogen (secondary N) is 1. The molecule has 0 bridgehead atoms. The van der Waals surface area contributed by atoms with Crippen molar-refractivity contribution in [2.24, 2.45) is 0 Å². The van der Waals surface area contributed by atoms with E-state index in [1.54, 1.807) is 0 Å². The molecule has 0 radical (unpaired) electrons. The molecule has 72 valence electrons. The highest BCUT2D eigenvalue weighted by molar-refractivity contribution is 5.83. The average molecular weight is 184 g/mol. The van der Waals surface area contributed by atoms with Crippen LogP contribution in [0.4, 0.5) is 0 Å². The molecule has 0 fully saturated rings. The molecule has 0 saturated carbocycles. The Bertz CT molecular complexity index is 293. The predicted octanol–water partition coefficient (Wildman–Crippen LogP) is 0.871. The maximum absolute atomic E-state index is 10.4. The SMILES string of the molecule is CC(C)NCc1ncc(C(=O)O)o1. The van der Waals surface area contributed by atoms with Crippen LogP contribution in [0.5, 0.6) is 0 Å². The van der Waals surface area contributed by atoms with Crippen LogP contribution >= 0.6 is 0 Å². The van der Waals surface area contributed by atoms with Crippen LogP contribution in [0, 0.1) is 0 Å². The minimum absolute atomic E-state index is 0.124. The monoisotopic (exact) mass is 184 g/mol. The summed E-state index contributed by atoms with van der Waals surface area (Å²) in [6, 6.07) is 0.320. The zero-order chi connectivity index (χ0) is 9.84. The lowest BCUT2D eigenvalue weighted by Gasteiger charge is -2.03. The standard InChI is InChI=1S/C8H12N2O3/c1-5(2)9-4-7-10-3-6(13-7)8(11)12/h3,5,9H,4H2,1-2H3,(H,11,12). The molecule has 0 aliphatic carbocycles. The fourth-order valence-corrected chi connectivity index (χ4v) is 0.782. The molecule has 13 heavy (non-hydrogen) atoms. The fraction of sp³-hybridized carbons (Fsp3) is 0.500. The van der Waals surface area contributed by atoms with E-state index in [2.05, 4.69) is 10.3 Å². The molecule has 0 aromatic carbocycles. The molecule has 1 rings (SSSR count). The number of nitrogens with zero attached hydrogens (tertiary/aromatic N) is 1. The van der Waals surface area contributed by atoms with Crippen LogP contribution in [0.2, 0.25) is 0 Å². The molecule has 0 spiro atoms. The quantitative estimate of drug-likeness (QED) is 0.726. The molecular weight excluding hydrogens is 172 g/mol. The minimum atomic E-state index is -1.09. The van der Waals surface area contributed by atoms with Gasteiger partial charge in [-0.2, -0.15) is 0 Å². The summed E-state index contributed by atoms with van der Waals surface area (Å²) in [4.78, 5) is 14.2. The van der Waals surface area contributed by atoms with Crippen molar-refractivity contribution in [1.82, 2.24) is 10.3 Å². The molecule has 0 unspecified atom stereocenters. The summed E-state index contributed by atoms with van der Waals surface area (Å²) in [6.07, 6.45) is 1.21. The molecule has 0 aliphatic heterocycles. The van der Waals surface area contributed by atoms with Gasteiger partial charge in [-0.15, -0.1) is 0 Å². The number of carbonyl (C=O) groups is 1. The molecule has 1 aromatic heterocycles. The van der Waals surface area contributed by atoms with E-state index >= 15 is 0 Å². The van der Waals surface area contributed by atoms with E-state index in [0.717, 1.165) is 0 Å². The van der Waals surface area contributed by atoms with Crippen molar-refractivity contribution in [3.05, 3.63) is 17.8 Å². The smallest absolute Gasteiger partial charge is 0.373 e. The molecule has 5 nitrogen and oxygen atoms in total. The van der Waals surface area contributed by atoms with E-state index < -0.39 is 5.97 Å². The first kappa shape index (κ1) is 9.73. The number of hydrogen-bond donors (Lipinski definition) is 2. The predicted molar refractivity (Wildman–Crippen MR) is 45.4 cm³/mol. The molecule has 2 N–H and O–H groups in total. The topological polar surface area (TPSA) is 75.4 Å². The van der Waals surface area contributed by atoms with E-state index in [-0.39, 0.29) is 5.76 Å². The van der Waals surface area contributed by atoms with Crippen LogP contribution in [-0.2, 0) is 6.54 Å². The van der Waals surface area contributed by atoms with Crippen molar-refractivity contribution in [2.45, 2.75) is 26.4 Å². The van der Waals surface area contributed by atoms with Gasteiger partial charge in [-0.05, 0) is 0 Å². The van der Waals surface area contributed by atoms with Gasteiger partial charge in [0.2, 0.25) is 11.7 Å². The van der Waals surface area contributed by atoms with Gasteiger partial charge in [0, 0.05) is 6.04 Å². The molecule has 1 aromatic rings. The third-order valence-electron chi connectivity index (χ3n) is 1.43. The summed E-state index contributed by atoms with van der Waals surface area (Å²) in [7, 11) is 0. The van der Waals surface area contributed by atoms with Gasteiger partial charge in [0.15, 0.2) is 0 Å². The van der Waals surface area contributed by atoms with Gasteiger partial charge in [0.25, 0.3) is 0 Å². The molecular formula is C8H12N2O3. The lowest BCUT2D eigenvalue weighted by molar-refractivity contribution is 0.0660. The Balaban J connectivity index is 2.54. The Morgan fingerprint density at radius 2 is 2.46 bits per heavy atom. The van der Waals surface area contributed by atoms with E-state index in [4.69, 9.17) is 9.52 Å². The lowest BCUT2D eigenvalue weighted by Crippen LogP contribution is -2.21. The summed E-state index contributed by atoms with van der Waals surface area (Å²) >= 11 is 0. The summed E-state index contributed by atoms with van der Waals surface area (Å²) < 4.78 is 4.92. The highest BCUT2D eigenvalue weighted by Gasteiger charge is 2.09. The average Bonchev–Trinajstić information content (AvgIpc) is 2.48. The number of aromatic nitrogens is 1. The minimum Gasteiger partial charge on any atom is -0.475 e. The van der Waals surface area contributed by atoms with Gasteiger partial charge in [-0.1, -0.05) is 13.8 Å². The summed E-state index contributed by atoms with van der Waals surface area (Å²) in [5.41, 5.74) is 0. The first-order valence-corrected chi connectivity index (χ1v) is 4.01. The third-order valence-corrected chi connectivity index (χ3v) is 1.43. The zero-order valence-electron chi connectivity index (χ0n) is 7.57. The van der Waals surface area contributed by atoms with Crippen LogP contribution < -0.4 is 5.32 Å². The molecule has 0 aliphatic rings.